The van der Waals surface area contributed by atoms with Crippen molar-refractivity contribution in [2.45, 2.75) is 32.2 Å². The minimum absolute atomic E-state index is 0.0767. The largest absolute Gasteiger partial charge is 0.365 e. The first-order chi connectivity index (χ1) is 6.91. The lowest BCUT2D eigenvalue weighted by atomic mass is 10.3. The molecular formula is C7H9F4N3S. The Labute approximate surface area is 88.1 Å². The first-order valence-electron chi connectivity index (χ1n) is 4.22. The molecule has 8 heteroatoms. The second kappa shape index (κ2) is 4.30. The van der Waals surface area contributed by atoms with Gasteiger partial charge in [-0.05, 0) is 18.6 Å². The zero-order chi connectivity index (χ0) is 11.6. The Morgan fingerprint density at radius 1 is 1.53 bits per heavy atom. The summed E-state index contributed by atoms with van der Waals surface area (Å²) in [5, 5.41) is 5.23. The van der Waals surface area contributed by atoms with E-state index in [1.807, 2.05) is 0 Å². The van der Waals surface area contributed by atoms with E-state index in [4.69, 9.17) is 0 Å². The monoisotopic (exact) mass is 243 g/mol. The maximum atomic E-state index is 13.0. The molecule has 0 amide bonds. The van der Waals surface area contributed by atoms with E-state index in [-0.39, 0.29) is 11.3 Å². The number of hydrogen-bond donors (Lipinski definition) is 1. The summed E-state index contributed by atoms with van der Waals surface area (Å²) in [6, 6.07) is 0. The van der Waals surface area contributed by atoms with Crippen LogP contribution in [-0.4, -0.2) is 21.2 Å². The van der Waals surface area contributed by atoms with E-state index in [9.17, 15) is 17.6 Å². The fourth-order valence-corrected chi connectivity index (χ4v) is 1.32. The molecule has 15 heavy (non-hydrogen) atoms. The summed E-state index contributed by atoms with van der Waals surface area (Å²) in [5.41, 5.74) is 0. The van der Waals surface area contributed by atoms with Crippen LogP contribution in [0.25, 0.3) is 0 Å². The summed E-state index contributed by atoms with van der Waals surface area (Å²) in [7, 11) is 0. The molecule has 0 aliphatic heterocycles. The third-order valence-corrected chi connectivity index (χ3v) is 2.09. The maximum Gasteiger partial charge on any atom is 0.365 e. The van der Waals surface area contributed by atoms with Crippen molar-refractivity contribution >= 4 is 12.2 Å². The molecule has 0 fully saturated rings. The van der Waals surface area contributed by atoms with E-state index >= 15 is 0 Å². The molecule has 0 unspecified atom stereocenters. The molecule has 0 atom stereocenters. The van der Waals surface area contributed by atoms with E-state index < -0.39 is 18.2 Å². The van der Waals surface area contributed by atoms with E-state index in [0.29, 0.717) is 6.42 Å². The van der Waals surface area contributed by atoms with Crippen LogP contribution in [0.2, 0.25) is 0 Å². The maximum absolute atomic E-state index is 13.0. The minimum atomic E-state index is -4.28. The third-order valence-electron chi connectivity index (χ3n) is 1.78. The molecule has 0 spiro atoms. The zero-order valence-electron chi connectivity index (χ0n) is 7.81. The van der Waals surface area contributed by atoms with Crippen LogP contribution in [0.1, 0.15) is 19.2 Å². The highest BCUT2D eigenvalue weighted by Gasteiger charge is 2.47. The van der Waals surface area contributed by atoms with Gasteiger partial charge in [-0.15, -0.1) is 0 Å². The molecule has 0 saturated carbocycles. The molecule has 0 saturated heterocycles. The van der Waals surface area contributed by atoms with E-state index in [2.05, 4.69) is 22.4 Å². The number of alkyl halides is 4. The van der Waals surface area contributed by atoms with Gasteiger partial charge in [0.2, 0.25) is 5.82 Å². The molecule has 0 aromatic carbocycles. The van der Waals surface area contributed by atoms with Crippen molar-refractivity contribution in [1.29, 1.82) is 0 Å². The average Bonchev–Trinajstić information content (AvgIpc) is 2.49. The lowest BCUT2D eigenvalue weighted by Crippen LogP contribution is -2.28. The van der Waals surface area contributed by atoms with Crippen LogP contribution >= 0.6 is 12.2 Å². The van der Waals surface area contributed by atoms with Crippen molar-refractivity contribution in [2.75, 3.05) is 0 Å². The van der Waals surface area contributed by atoms with Gasteiger partial charge in [0, 0.05) is 6.54 Å². The van der Waals surface area contributed by atoms with E-state index in [0.717, 1.165) is 4.57 Å². The quantitative estimate of drug-likeness (QED) is 0.651. The molecule has 0 aliphatic rings. The van der Waals surface area contributed by atoms with Crippen LogP contribution in [0.15, 0.2) is 0 Å². The van der Waals surface area contributed by atoms with Crippen molar-refractivity contribution in [3.05, 3.63) is 10.6 Å². The zero-order valence-corrected chi connectivity index (χ0v) is 8.62. The Morgan fingerprint density at radius 3 is 2.60 bits per heavy atom. The van der Waals surface area contributed by atoms with Crippen molar-refractivity contribution in [3.63, 3.8) is 0 Å². The van der Waals surface area contributed by atoms with Gasteiger partial charge in [0.15, 0.2) is 4.77 Å². The second-order valence-electron chi connectivity index (χ2n) is 2.93. The summed E-state index contributed by atoms with van der Waals surface area (Å²) < 4.78 is 50.9. The molecule has 1 aromatic rings. The molecule has 1 aromatic heterocycles. The van der Waals surface area contributed by atoms with Crippen LogP contribution in [0.5, 0.6) is 0 Å². The van der Waals surface area contributed by atoms with Gasteiger partial charge >= 0.3 is 12.3 Å². The van der Waals surface area contributed by atoms with E-state index in [1.54, 1.807) is 6.92 Å². The van der Waals surface area contributed by atoms with Crippen molar-refractivity contribution < 1.29 is 17.6 Å². The van der Waals surface area contributed by atoms with Crippen LogP contribution in [0, 0.1) is 4.77 Å². The van der Waals surface area contributed by atoms with Gasteiger partial charge in [0.25, 0.3) is 0 Å². The van der Waals surface area contributed by atoms with Gasteiger partial charge in [-0.2, -0.15) is 13.9 Å². The number of nitrogens with zero attached hydrogens (tertiary/aromatic N) is 2. The number of rotatable bonds is 4. The van der Waals surface area contributed by atoms with Crippen molar-refractivity contribution in [2.24, 2.45) is 0 Å². The first-order valence-corrected chi connectivity index (χ1v) is 4.63. The highest BCUT2D eigenvalue weighted by Crippen LogP contribution is 2.33. The molecule has 0 bridgehead atoms. The lowest BCUT2D eigenvalue weighted by molar-refractivity contribution is -0.143. The Hall–Kier alpha value is -0.920. The Bertz CT molecular complexity index is 384. The number of H-pyrrole nitrogens is 1. The number of hydrogen-bond acceptors (Lipinski definition) is 2. The Kier molecular flexibility index (Phi) is 3.48. The average molecular weight is 243 g/mol. The number of halogens is 4. The minimum Gasteiger partial charge on any atom is -0.299 e. The normalized spacial score (nSPS) is 12.4. The molecular weight excluding hydrogens is 234 g/mol. The highest BCUT2D eigenvalue weighted by atomic mass is 32.1. The van der Waals surface area contributed by atoms with Gasteiger partial charge in [0.05, 0.1) is 0 Å². The Balaban J connectivity index is 3.19. The first kappa shape index (κ1) is 12.2. The molecule has 3 nitrogen and oxygen atoms in total. The molecule has 1 heterocycles. The standard InChI is InChI=1S/C7H9F4N3S/c1-2-3-14-5(12-13-6(14)15)7(10,11)4(8)9/h4H,2-3H2,1H3,(H,13,15). The number of nitrogens with one attached hydrogen (secondary N) is 1. The van der Waals surface area contributed by atoms with Crippen LogP contribution in [0.4, 0.5) is 17.6 Å². The molecule has 86 valence electrons. The fourth-order valence-electron chi connectivity index (χ4n) is 1.10. The molecule has 1 rings (SSSR count). The summed E-state index contributed by atoms with van der Waals surface area (Å²) in [4.78, 5) is 0. The van der Waals surface area contributed by atoms with Gasteiger partial charge in [-0.25, -0.2) is 8.78 Å². The smallest absolute Gasteiger partial charge is 0.299 e. The van der Waals surface area contributed by atoms with E-state index in [1.165, 1.54) is 0 Å². The predicted molar refractivity (Wildman–Crippen MR) is 47.6 cm³/mol. The van der Waals surface area contributed by atoms with Gasteiger partial charge in [-0.3, -0.25) is 9.67 Å². The van der Waals surface area contributed by atoms with Crippen LogP contribution < -0.4 is 0 Å². The van der Waals surface area contributed by atoms with Crippen molar-refractivity contribution in [3.8, 4) is 0 Å². The Morgan fingerprint density at radius 2 is 2.13 bits per heavy atom. The topological polar surface area (TPSA) is 33.6 Å². The second-order valence-corrected chi connectivity index (χ2v) is 3.31. The number of aromatic amines is 1. The van der Waals surface area contributed by atoms with Gasteiger partial charge < -0.3 is 0 Å². The van der Waals surface area contributed by atoms with Crippen LogP contribution in [0.3, 0.4) is 0 Å². The lowest BCUT2D eigenvalue weighted by Gasteiger charge is -2.15. The molecule has 1 N–H and O–H groups in total. The fraction of sp³-hybridized carbons (Fsp3) is 0.714. The molecule has 0 aliphatic carbocycles. The number of aromatic nitrogens is 3. The third kappa shape index (κ3) is 2.19. The van der Waals surface area contributed by atoms with Gasteiger partial charge in [0.1, 0.15) is 0 Å². The summed E-state index contributed by atoms with van der Waals surface area (Å²) in [6.07, 6.45) is -3.29. The summed E-state index contributed by atoms with van der Waals surface area (Å²) >= 11 is 4.66. The predicted octanol–water partition coefficient (Wildman–Crippen LogP) is 2.71. The highest BCUT2D eigenvalue weighted by molar-refractivity contribution is 7.71. The SMILES string of the molecule is CCCn1c(C(F)(F)C(F)F)n[nH]c1=S. The summed E-state index contributed by atoms with van der Waals surface area (Å²) in [5.74, 6) is -5.28. The molecule has 0 radical (unpaired) electrons. The summed E-state index contributed by atoms with van der Waals surface area (Å²) in [6.45, 7) is 1.85. The van der Waals surface area contributed by atoms with Crippen LogP contribution in [-0.2, 0) is 12.5 Å². The van der Waals surface area contributed by atoms with Gasteiger partial charge in [-0.1, -0.05) is 6.92 Å². The van der Waals surface area contributed by atoms with Crippen molar-refractivity contribution in [1.82, 2.24) is 14.8 Å².